The fourth-order valence-electron chi connectivity index (χ4n) is 3.68. The average molecular weight is 328 g/mol. The Kier molecular flexibility index (Phi) is 5.07. The second-order valence-corrected chi connectivity index (χ2v) is 6.92. The van der Waals surface area contributed by atoms with Gasteiger partial charge in [0.2, 0.25) is 0 Å². The van der Waals surface area contributed by atoms with Crippen LogP contribution in [0.2, 0.25) is 10.0 Å². The van der Waals surface area contributed by atoms with Crippen molar-refractivity contribution >= 4 is 23.2 Å². The predicted octanol–water partition coefficient (Wildman–Crippen LogP) is 3.16. The number of nitrogens with two attached hydrogens (primary N) is 1. The smallest absolute Gasteiger partial charge is 0.0595 e. The standard InChI is InChI=1S/C16H23Cl2N3/c17-14-5-4-12(9-15(14)18)16(10-19)21-8-7-20-6-2-1-3-13(20)11-21/h4-5,9,13,16H,1-3,6-8,10-11,19H2. The van der Waals surface area contributed by atoms with Crippen LogP contribution >= 0.6 is 23.2 Å². The third-order valence-electron chi connectivity index (χ3n) is 4.86. The Morgan fingerprint density at radius 2 is 2.00 bits per heavy atom. The van der Waals surface area contributed by atoms with Crippen LogP contribution in [-0.4, -0.2) is 48.6 Å². The summed E-state index contributed by atoms with van der Waals surface area (Å²) < 4.78 is 0. The Morgan fingerprint density at radius 1 is 1.14 bits per heavy atom. The number of fused-ring (bicyclic) bond motifs is 1. The average Bonchev–Trinajstić information content (AvgIpc) is 2.51. The molecule has 2 atom stereocenters. The van der Waals surface area contributed by atoms with Gasteiger partial charge in [-0.05, 0) is 37.1 Å². The highest BCUT2D eigenvalue weighted by Crippen LogP contribution is 2.30. The predicted molar refractivity (Wildman–Crippen MR) is 89.0 cm³/mol. The van der Waals surface area contributed by atoms with Crippen LogP contribution in [0, 0.1) is 0 Å². The number of hydrogen-bond acceptors (Lipinski definition) is 3. The van der Waals surface area contributed by atoms with Gasteiger partial charge in [0.25, 0.3) is 0 Å². The number of nitrogens with zero attached hydrogens (tertiary/aromatic N) is 2. The molecule has 0 spiro atoms. The van der Waals surface area contributed by atoms with Gasteiger partial charge >= 0.3 is 0 Å². The molecule has 21 heavy (non-hydrogen) atoms. The van der Waals surface area contributed by atoms with Gasteiger partial charge in [0.1, 0.15) is 0 Å². The molecule has 3 rings (SSSR count). The van der Waals surface area contributed by atoms with Crippen LogP contribution in [0.5, 0.6) is 0 Å². The minimum absolute atomic E-state index is 0.240. The minimum Gasteiger partial charge on any atom is -0.329 e. The molecular formula is C16H23Cl2N3. The maximum Gasteiger partial charge on any atom is 0.0595 e. The summed E-state index contributed by atoms with van der Waals surface area (Å²) in [5.41, 5.74) is 7.24. The Morgan fingerprint density at radius 3 is 2.76 bits per heavy atom. The van der Waals surface area contributed by atoms with E-state index >= 15 is 0 Å². The van der Waals surface area contributed by atoms with E-state index in [1.807, 2.05) is 12.1 Å². The maximum absolute atomic E-state index is 6.16. The zero-order chi connectivity index (χ0) is 14.8. The molecule has 2 aliphatic heterocycles. The zero-order valence-electron chi connectivity index (χ0n) is 12.3. The number of piperidine rings is 1. The first-order valence-corrected chi connectivity index (χ1v) is 8.57. The van der Waals surface area contributed by atoms with E-state index in [0.29, 0.717) is 22.6 Å². The first kappa shape index (κ1) is 15.6. The molecule has 0 aromatic heterocycles. The summed E-state index contributed by atoms with van der Waals surface area (Å²) in [6, 6.07) is 6.83. The third-order valence-corrected chi connectivity index (χ3v) is 5.60. The molecule has 0 bridgehead atoms. The lowest BCUT2D eigenvalue weighted by molar-refractivity contribution is 0.0286. The fourth-order valence-corrected chi connectivity index (χ4v) is 3.99. The zero-order valence-corrected chi connectivity index (χ0v) is 13.8. The molecule has 116 valence electrons. The van der Waals surface area contributed by atoms with E-state index in [1.165, 1.54) is 31.4 Å². The van der Waals surface area contributed by atoms with E-state index in [0.717, 1.165) is 19.6 Å². The molecule has 2 fully saturated rings. The number of rotatable bonds is 3. The van der Waals surface area contributed by atoms with Gasteiger partial charge in [0, 0.05) is 38.3 Å². The first-order valence-electron chi connectivity index (χ1n) is 7.82. The van der Waals surface area contributed by atoms with Crippen molar-refractivity contribution < 1.29 is 0 Å². The van der Waals surface area contributed by atoms with Gasteiger partial charge in [0.05, 0.1) is 10.0 Å². The molecule has 2 aliphatic rings. The van der Waals surface area contributed by atoms with Gasteiger partial charge in [-0.1, -0.05) is 35.7 Å². The van der Waals surface area contributed by atoms with E-state index in [2.05, 4.69) is 15.9 Å². The molecule has 2 saturated heterocycles. The summed E-state index contributed by atoms with van der Waals surface area (Å²) in [5, 5.41) is 1.22. The van der Waals surface area contributed by atoms with Crippen molar-refractivity contribution in [3.63, 3.8) is 0 Å². The molecule has 0 radical (unpaired) electrons. The number of hydrogen-bond donors (Lipinski definition) is 1. The highest BCUT2D eigenvalue weighted by atomic mass is 35.5. The Bertz CT molecular complexity index is 494. The van der Waals surface area contributed by atoms with E-state index in [4.69, 9.17) is 28.9 Å². The normalized spacial score (nSPS) is 25.6. The van der Waals surface area contributed by atoms with Crippen molar-refractivity contribution in [2.24, 2.45) is 5.73 Å². The van der Waals surface area contributed by atoms with Crippen LogP contribution in [0.4, 0.5) is 0 Å². The van der Waals surface area contributed by atoms with Gasteiger partial charge in [-0.15, -0.1) is 0 Å². The van der Waals surface area contributed by atoms with Crippen molar-refractivity contribution in [3.8, 4) is 0 Å². The lowest BCUT2D eigenvalue weighted by atomic mass is 9.97. The SMILES string of the molecule is NCC(c1ccc(Cl)c(Cl)c1)N1CCN2CCCCC2C1. The molecule has 1 aromatic carbocycles. The van der Waals surface area contributed by atoms with Crippen LogP contribution in [0.25, 0.3) is 0 Å². The lowest BCUT2D eigenvalue weighted by Crippen LogP contribution is -2.56. The Labute approximate surface area is 137 Å². The maximum atomic E-state index is 6.16. The highest BCUT2D eigenvalue weighted by molar-refractivity contribution is 6.42. The van der Waals surface area contributed by atoms with Crippen molar-refractivity contribution in [2.45, 2.75) is 31.3 Å². The van der Waals surface area contributed by atoms with E-state index in [-0.39, 0.29) is 6.04 Å². The summed E-state index contributed by atoms with van der Waals surface area (Å²) in [6.07, 6.45) is 4.02. The van der Waals surface area contributed by atoms with Crippen molar-refractivity contribution in [3.05, 3.63) is 33.8 Å². The summed E-state index contributed by atoms with van der Waals surface area (Å²) in [7, 11) is 0. The highest BCUT2D eigenvalue weighted by Gasteiger charge is 2.32. The molecule has 2 heterocycles. The van der Waals surface area contributed by atoms with Crippen molar-refractivity contribution in [1.29, 1.82) is 0 Å². The van der Waals surface area contributed by atoms with Gasteiger partial charge in [-0.2, -0.15) is 0 Å². The summed E-state index contributed by atoms with van der Waals surface area (Å²) in [5.74, 6) is 0. The van der Waals surface area contributed by atoms with E-state index in [1.54, 1.807) is 0 Å². The van der Waals surface area contributed by atoms with Crippen LogP contribution in [-0.2, 0) is 0 Å². The monoisotopic (exact) mass is 327 g/mol. The molecule has 1 aromatic rings. The minimum atomic E-state index is 0.240. The molecule has 3 nitrogen and oxygen atoms in total. The van der Waals surface area contributed by atoms with Crippen molar-refractivity contribution in [1.82, 2.24) is 9.80 Å². The molecular weight excluding hydrogens is 305 g/mol. The molecule has 0 aliphatic carbocycles. The van der Waals surface area contributed by atoms with Crippen LogP contribution < -0.4 is 5.73 Å². The van der Waals surface area contributed by atoms with Gasteiger partial charge < -0.3 is 5.73 Å². The van der Waals surface area contributed by atoms with Gasteiger partial charge in [-0.25, -0.2) is 0 Å². The van der Waals surface area contributed by atoms with E-state index in [9.17, 15) is 0 Å². The van der Waals surface area contributed by atoms with Gasteiger partial charge in [-0.3, -0.25) is 9.80 Å². The number of piperazine rings is 1. The number of benzene rings is 1. The fraction of sp³-hybridized carbons (Fsp3) is 0.625. The van der Waals surface area contributed by atoms with Crippen LogP contribution in [0.1, 0.15) is 30.9 Å². The van der Waals surface area contributed by atoms with Crippen LogP contribution in [0.3, 0.4) is 0 Å². The molecule has 2 unspecified atom stereocenters. The molecule has 0 saturated carbocycles. The largest absolute Gasteiger partial charge is 0.329 e. The summed E-state index contributed by atoms with van der Waals surface area (Å²) in [6.45, 7) is 5.23. The second kappa shape index (κ2) is 6.84. The number of halogens is 2. The van der Waals surface area contributed by atoms with Crippen molar-refractivity contribution in [2.75, 3.05) is 32.7 Å². The van der Waals surface area contributed by atoms with Gasteiger partial charge in [0.15, 0.2) is 0 Å². The summed E-state index contributed by atoms with van der Waals surface area (Å²) in [4.78, 5) is 5.16. The summed E-state index contributed by atoms with van der Waals surface area (Å²) >= 11 is 12.2. The third kappa shape index (κ3) is 3.38. The molecule has 5 heteroatoms. The van der Waals surface area contributed by atoms with Crippen LogP contribution in [0.15, 0.2) is 18.2 Å². The van der Waals surface area contributed by atoms with E-state index < -0.39 is 0 Å². The molecule has 2 N–H and O–H groups in total. The second-order valence-electron chi connectivity index (χ2n) is 6.11. The lowest BCUT2D eigenvalue weighted by Gasteiger charge is -2.46. The first-order chi connectivity index (χ1) is 10.2. The quantitative estimate of drug-likeness (QED) is 0.925. The molecule has 0 amide bonds. The topological polar surface area (TPSA) is 32.5 Å². The Hall–Kier alpha value is -0.320. The Balaban J connectivity index is 1.75.